The third-order valence-corrected chi connectivity index (χ3v) is 4.71. The van der Waals surface area contributed by atoms with Gasteiger partial charge in [0.05, 0.1) is 29.6 Å². The number of halogens is 1. The van der Waals surface area contributed by atoms with Crippen LogP contribution in [0.2, 0.25) is 5.15 Å². The van der Waals surface area contributed by atoms with Crippen molar-refractivity contribution < 1.29 is 0 Å². The fourth-order valence-electron chi connectivity index (χ4n) is 3.07. The topological polar surface area (TPSA) is 90.3 Å². The maximum Gasteiger partial charge on any atom is 0.129 e. The quantitative estimate of drug-likeness (QED) is 0.461. The van der Waals surface area contributed by atoms with Crippen LogP contribution in [0.15, 0.2) is 60.8 Å². The Balaban J connectivity index is 1.49. The summed E-state index contributed by atoms with van der Waals surface area (Å²) in [4.78, 5) is 8.66. The van der Waals surface area contributed by atoms with Gasteiger partial charge in [0.15, 0.2) is 0 Å². The monoisotopic (exact) mass is 400 g/mol. The molecule has 0 aliphatic rings. The zero-order valence-electron chi connectivity index (χ0n) is 15.6. The Morgan fingerprint density at radius 3 is 2.79 bits per heavy atom. The highest BCUT2D eigenvalue weighted by molar-refractivity contribution is 6.29. The summed E-state index contributed by atoms with van der Waals surface area (Å²) in [5.74, 6) is 0.753. The summed E-state index contributed by atoms with van der Waals surface area (Å²) >= 11 is 5.95. The highest BCUT2D eigenvalue weighted by atomic mass is 35.5. The second-order valence-corrected chi connectivity index (χ2v) is 6.94. The summed E-state index contributed by atoms with van der Waals surface area (Å²) in [7, 11) is 0. The number of hydrogen-bond donors (Lipinski definition) is 2. The first-order valence-corrected chi connectivity index (χ1v) is 9.38. The molecule has 4 rings (SSSR count). The van der Waals surface area contributed by atoms with Gasteiger partial charge in [0, 0.05) is 6.20 Å². The van der Waals surface area contributed by atoms with Crippen molar-refractivity contribution >= 4 is 17.4 Å². The molecule has 0 atom stereocenters. The van der Waals surface area contributed by atoms with E-state index in [1.807, 2.05) is 55.5 Å². The van der Waals surface area contributed by atoms with Gasteiger partial charge in [0.2, 0.25) is 0 Å². The van der Waals surface area contributed by atoms with Gasteiger partial charge >= 0.3 is 0 Å². The van der Waals surface area contributed by atoms with Crippen LogP contribution in [-0.4, -0.2) is 20.2 Å². The Morgan fingerprint density at radius 2 is 2.00 bits per heavy atom. The number of aromatic nitrogens is 4. The summed E-state index contributed by atoms with van der Waals surface area (Å²) in [6.07, 6.45) is 1.77. The van der Waals surface area contributed by atoms with E-state index in [0.29, 0.717) is 17.3 Å². The van der Waals surface area contributed by atoms with Crippen LogP contribution < -0.4 is 5.32 Å². The van der Waals surface area contributed by atoms with Crippen molar-refractivity contribution in [2.75, 3.05) is 5.32 Å². The van der Waals surface area contributed by atoms with Crippen LogP contribution in [0.1, 0.15) is 16.8 Å². The minimum atomic E-state index is 0.435. The van der Waals surface area contributed by atoms with E-state index in [-0.39, 0.29) is 0 Å². The zero-order valence-corrected chi connectivity index (χ0v) is 16.4. The molecule has 4 aromatic rings. The molecule has 7 heteroatoms. The first kappa shape index (κ1) is 18.7. The van der Waals surface area contributed by atoms with Crippen LogP contribution in [0.4, 0.5) is 5.82 Å². The zero-order chi connectivity index (χ0) is 20.2. The largest absolute Gasteiger partial charge is 0.364 e. The maximum absolute atomic E-state index is 9.05. The van der Waals surface area contributed by atoms with E-state index in [1.54, 1.807) is 12.3 Å². The molecule has 3 heterocycles. The number of aryl methyl sites for hydroxylation is 1. The van der Waals surface area contributed by atoms with Gasteiger partial charge in [-0.2, -0.15) is 10.4 Å². The lowest BCUT2D eigenvalue weighted by atomic mass is 9.99. The van der Waals surface area contributed by atoms with Gasteiger partial charge < -0.3 is 5.32 Å². The standard InChI is InChI=1S/C22H17ClN6/c1-14-9-15(12-24)5-6-18(14)16-7-8-25-22(10-16)26-13-17-11-20(29-28-17)19-3-2-4-21(23)27-19/h2-11H,13H2,1H3,(H,25,26)(H,28,29). The van der Waals surface area contributed by atoms with Crippen molar-refractivity contribution in [1.82, 2.24) is 20.2 Å². The minimum absolute atomic E-state index is 0.435. The Morgan fingerprint density at radius 1 is 1.10 bits per heavy atom. The van der Waals surface area contributed by atoms with Crippen LogP contribution in [0.5, 0.6) is 0 Å². The third kappa shape index (κ3) is 4.26. The second kappa shape index (κ2) is 8.13. The van der Waals surface area contributed by atoms with E-state index in [1.165, 1.54) is 0 Å². The van der Waals surface area contributed by atoms with E-state index in [2.05, 4.69) is 31.6 Å². The number of nitriles is 1. The normalized spacial score (nSPS) is 10.5. The molecule has 3 aromatic heterocycles. The van der Waals surface area contributed by atoms with E-state index in [9.17, 15) is 0 Å². The molecule has 0 unspecified atom stereocenters. The first-order chi connectivity index (χ1) is 14.1. The lowest BCUT2D eigenvalue weighted by Gasteiger charge is -2.09. The molecule has 29 heavy (non-hydrogen) atoms. The van der Waals surface area contributed by atoms with Crippen molar-refractivity contribution in [3.63, 3.8) is 0 Å². The van der Waals surface area contributed by atoms with Crippen LogP contribution in [0.3, 0.4) is 0 Å². The lowest BCUT2D eigenvalue weighted by molar-refractivity contribution is 0.975. The van der Waals surface area contributed by atoms with Gasteiger partial charge in [0.1, 0.15) is 16.7 Å². The Bertz CT molecular complexity index is 1210. The molecule has 0 radical (unpaired) electrons. The molecule has 0 aliphatic heterocycles. The van der Waals surface area contributed by atoms with E-state index in [0.717, 1.165) is 39.6 Å². The highest BCUT2D eigenvalue weighted by Gasteiger charge is 2.08. The summed E-state index contributed by atoms with van der Waals surface area (Å²) in [6.45, 7) is 2.54. The number of anilines is 1. The second-order valence-electron chi connectivity index (χ2n) is 6.55. The van der Waals surface area contributed by atoms with Gasteiger partial charge in [-0.15, -0.1) is 0 Å². The SMILES string of the molecule is Cc1cc(C#N)ccc1-c1ccnc(NCc2cc(-c3cccc(Cl)n3)n[nH]2)c1. The summed E-state index contributed by atoms with van der Waals surface area (Å²) in [6, 6.07) is 19.2. The average Bonchev–Trinajstić information content (AvgIpc) is 3.21. The number of rotatable bonds is 5. The van der Waals surface area contributed by atoms with Gasteiger partial charge in [0.25, 0.3) is 0 Å². The highest BCUT2D eigenvalue weighted by Crippen LogP contribution is 2.26. The fourth-order valence-corrected chi connectivity index (χ4v) is 3.24. The number of pyridine rings is 2. The predicted octanol–water partition coefficient (Wildman–Crippen LogP) is 4.98. The van der Waals surface area contributed by atoms with Gasteiger partial charge in [-0.25, -0.2) is 9.97 Å². The van der Waals surface area contributed by atoms with Crippen molar-refractivity contribution in [1.29, 1.82) is 5.26 Å². The number of nitrogens with zero attached hydrogens (tertiary/aromatic N) is 4. The van der Waals surface area contributed by atoms with E-state index in [4.69, 9.17) is 16.9 Å². The summed E-state index contributed by atoms with van der Waals surface area (Å²) in [5, 5.41) is 20.1. The number of aromatic amines is 1. The number of benzene rings is 1. The molecule has 0 saturated heterocycles. The fraction of sp³-hybridized carbons (Fsp3) is 0.0909. The lowest BCUT2D eigenvalue weighted by Crippen LogP contribution is -2.01. The molecular formula is C22H17ClN6. The van der Waals surface area contributed by atoms with Gasteiger partial charge in [-0.1, -0.05) is 23.7 Å². The third-order valence-electron chi connectivity index (χ3n) is 4.49. The molecule has 1 aromatic carbocycles. The smallest absolute Gasteiger partial charge is 0.129 e. The molecular weight excluding hydrogens is 384 g/mol. The van der Waals surface area contributed by atoms with Crippen molar-refractivity contribution in [3.8, 4) is 28.6 Å². The van der Waals surface area contributed by atoms with E-state index >= 15 is 0 Å². The molecule has 0 amide bonds. The predicted molar refractivity (Wildman–Crippen MR) is 113 cm³/mol. The van der Waals surface area contributed by atoms with Gasteiger partial charge in [-0.05, 0) is 66.1 Å². The number of nitrogens with one attached hydrogen (secondary N) is 2. The van der Waals surface area contributed by atoms with Crippen LogP contribution in [-0.2, 0) is 6.54 Å². The molecule has 0 spiro atoms. The van der Waals surface area contributed by atoms with Crippen LogP contribution in [0, 0.1) is 18.3 Å². The molecule has 0 aliphatic carbocycles. The minimum Gasteiger partial charge on any atom is -0.364 e. The van der Waals surface area contributed by atoms with Crippen molar-refractivity contribution in [2.24, 2.45) is 0 Å². The number of H-pyrrole nitrogens is 1. The van der Waals surface area contributed by atoms with Crippen molar-refractivity contribution in [2.45, 2.75) is 13.5 Å². The Hall–Kier alpha value is -3.69. The van der Waals surface area contributed by atoms with E-state index < -0.39 is 0 Å². The van der Waals surface area contributed by atoms with Crippen molar-refractivity contribution in [3.05, 3.63) is 82.8 Å². The van der Waals surface area contributed by atoms with Gasteiger partial charge in [-0.3, -0.25) is 5.10 Å². The maximum atomic E-state index is 9.05. The Labute approximate surface area is 173 Å². The number of hydrogen-bond acceptors (Lipinski definition) is 5. The van der Waals surface area contributed by atoms with Crippen LogP contribution >= 0.6 is 11.6 Å². The molecule has 0 saturated carbocycles. The molecule has 6 nitrogen and oxygen atoms in total. The average molecular weight is 401 g/mol. The molecule has 142 valence electrons. The molecule has 2 N–H and O–H groups in total. The summed E-state index contributed by atoms with van der Waals surface area (Å²) < 4.78 is 0. The molecule has 0 fully saturated rings. The van der Waals surface area contributed by atoms with Crippen LogP contribution in [0.25, 0.3) is 22.5 Å². The first-order valence-electron chi connectivity index (χ1n) is 9.00. The summed E-state index contributed by atoms with van der Waals surface area (Å²) in [5.41, 5.74) is 6.18. The molecule has 0 bridgehead atoms. The Kier molecular flexibility index (Phi) is 5.23.